The van der Waals surface area contributed by atoms with E-state index in [0.717, 1.165) is 0 Å². The summed E-state index contributed by atoms with van der Waals surface area (Å²) in [6, 6.07) is 0. The molecule has 0 aromatic carbocycles. The van der Waals surface area contributed by atoms with Gasteiger partial charge in [0, 0.05) is 0 Å². The molecule has 0 fully saturated rings. The SMILES string of the molecule is CCCCCCCCCCCCCCCCCCN(CCCCCCCC)CCCCCCCC.O=P(O)(O)O. The molecule has 0 aliphatic rings. The Balaban J connectivity index is 0. The summed E-state index contributed by atoms with van der Waals surface area (Å²) in [5.41, 5.74) is 0. The predicted molar refractivity (Wildman–Crippen MR) is 177 cm³/mol. The first-order chi connectivity index (χ1) is 19.3. The number of nitrogens with zero attached hydrogens (tertiary/aromatic N) is 1. The molecule has 0 aliphatic carbocycles. The highest BCUT2D eigenvalue weighted by Gasteiger charge is 2.05. The van der Waals surface area contributed by atoms with Gasteiger partial charge in [-0.25, -0.2) is 4.57 Å². The van der Waals surface area contributed by atoms with Gasteiger partial charge in [-0.15, -0.1) is 0 Å². The highest BCUT2D eigenvalue weighted by Crippen LogP contribution is 2.25. The lowest BCUT2D eigenvalue weighted by Crippen LogP contribution is -2.27. The fourth-order valence-electron chi connectivity index (χ4n) is 5.45. The van der Waals surface area contributed by atoms with Crippen LogP contribution in [0.4, 0.5) is 0 Å². The predicted octanol–water partition coefficient (Wildman–Crippen LogP) is 11.3. The third-order valence-electron chi connectivity index (χ3n) is 7.98. The zero-order chi connectivity index (χ0) is 30.0. The van der Waals surface area contributed by atoms with E-state index in [1.165, 1.54) is 199 Å². The van der Waals surface area contributed by atoms with Gasteiger partial charge >= 0.3 is 7.82 Å². The normalized spacial score (nSPS) is 11.7. The first-order valence-corrected chi connectivity index (χ1v) is 19.4. The summed E-state index contributed by atoms with van der Waals surface area (Å²) in [6.07, 6.45) is 40.6. The summed E-state index contributed by atoms with van der Waals surface area (Å²) < 4.78 is 8.88. The van der Waals surface area contributed by atoms with Crippen LogP contribution < -0.4 is 0 Å². The smallest absolute Gasteiger partial charge is 0.303 e. The van der Waals surface area contributed by atoms with E-state index in [2.05, 4.69) is 25.7 Å². The molecule has 0 unspecified atom stereocenters. The molecule has 0 spiro atoms. The number of unbranched alkanes of at least 4 members (excludes halogenated alkanes) is 25. The molecule has 0 radical (unpaired) electrons. The van der Waals surface area contributed by atoms with E-state index >= 15 is 0 Å². The van der Waals surface area contributed by atoms with Crippen molar-refractivity contribution in [2.24, 2.45) is 0 Å². The van der Waals surface area contributed by atoms with Crippen molar-refractivity contribution in [2.45, 2.75) is 201 Å². The third-order valence-corrected chi connectivity index (χ3v) is 7.98. The van der Waals surface area contributed by atoms with Crippen molar-refractivity contribution < 1.29 is 19.2 Å². The third kappa shape index (κ3) is 45.1. The topological polar surface area (TPSA) is 81.0 Å². The van der Waals surface area contributed by atoms with Crippen LogP contribution in [-0.2, 0) is 4.57 Å². The van der Waals surface area contributed by atoms with Crippen molar-refractivity contribution in [2.75, 3.05) is 19.6 Å². The molecule has 0 bridgehead atoms. The maximum absolute atomic E-state index is 8.88. The zero-order valence-corrected chi connectivity index (χ0v) is 28.5. The maximum atomic E-state index is 8.88. The van der Waals surface area contributed by atoms with Crippen LogP contribution in [0.3, 0.4) is 0 Å². The van der Waals surface area contributed by atoms with Crippen LogP contribution in [0.5, 0.6) is 0 Å². The van der Waals surface area contributed by atoms with Crippen molar-refractivity contribution >= 4 is 7.82 Å². The molecule has 0 saturated carbocycles. The lowest BCUT2D eigenvalue weighted by atomic mass is 10.0. The summed E-state index contributed by atoms with van der Waals surface area (Å²) in [7, 11) is -4.64. The van der Waals surface area contributed by atoms with Crippen molar-refractivity contribution in [1.82, 2.24) is 4.90 Å². The van der Waals surface area contributed by atoms with Crippen molar-refractivity contribution in [1.29, 1.82) is 0 Å². The quantitative estimate of drug-likeness (QED) is 0.0552. The van der Waals surface area contributed by atoms with E-state index in [4.69, 9.17) is 19.2 Å². The van der Waals surface area contributed by atoms with Crippen molar-refractivity contribution in [3.63, 3.8) is 0 Å². The first-order valence-electron chi connectivity index (χ1n) is 17.9. The average Bonchev–Trinajstić information content (AvgIpc) is 2.90. The largest absolute Gasteiger partial charge is 0.466 e. The lowest BCUT2D eigenvalue weighted by Gasteiger charge is -2.22. The Labute approximate surface area is 251 Å². The first kappa shape index (κ1) is 42.2. The van der Waals surface area contributed by atoms with Crippen LogP contribution in [0.15, 0.2) is 0 Å². The zero-order valence-electron chi connectivity index (χ0n) is 27.6. The summed E-state index contributed by atoms with van der Waals surface area (Å²) >= 11 is 0. The number of phosphoric acid groups is 1. The van der Waals surface area contributed by atoms with Gasteiger partial charge < -0.3 is 19.6 Å². The Kier molecular flexibility index (Phi) is 37.2. The Hall–Kier alpha value is 0.0700. The molecule has 0 saturated heterocycles. The van der Waals surface area contributed by atoms with Crippen LogP contribution in [0.1, 0.15) is 201 Å². The highest BCUT2D eigenvalue weighted by molar-refractivity contribution is 7.45. The van der Waals surface area contributed by atoms with E-state index in [1.807, 2.05) is 0 Å². The van der Waals surface area contributed by atoms with E-state index in [0.29, 0.717) is 0 Å². The maximum Gasteiger partial charge on any atom is 0.466 e. The molecule has 0 atom stereocenters. The molecule has 0 amide bonds. The second-order valence-corrected chi connectivity index (χ2v) is 13.2. The monoisotopic (exact) mass is 592 g/mol. The fraction of sp³-hybridized carbons (Fsp3) is 1.00. The molecule has 6 heteroatoms. The van der Waals surface area contributed by atoms with Gasteiger partial charge in [-0.2, -0.15) is 0 Å². The Morgan fingerprint density at radius 3 is 0.675 bits per heavy atom. The molecule has 40 heavy (non-hydrogen) atoms. The van der Waals surface area contributed by atoms with Gasteiger partial charge in [0.15, 0.2) is 0 Å². The lowest BCUT2D eigenvalue weighted by molar-refractivity contribution is 0.254. The summed E-state index contributed by atoms with van der Waals surface area (Å²) in [5, 5.41) is 0. The highest BCUT2D eigenvalue weighted by atomic mass is 31.2. The van der Waals surface area contributed by atoms with E-state index in [9.17, 15) is 0 Å². The molecule has 5 nitrogen and oxygen atoms in total. The Morgan fingerprint density at radius 2 is 0.500 bits per heavy atom. The molecular formula is C34H74NO4P. The van der Waals surface area contributed by atoms with E-state index in [-0.39, 0.29) is 0 Å². The minimum atomic E-state index is -4.64. The second-order valence-electron chi connectivity index (χ2n) is 12.2. The summed E-state index contributed by atoms with van der Waals surface area (Å²) in [6.45, 7) is 11.0. The standard InChI is InChI=1S/C34H71N.H3O4P/c1-4-7-10-13-16-17-18-19-20-21-22-23-24-25-28-31-34-35(32-29-26-14-11-8-5-2)33-30-27-15-12-9-6-3;1-5(2,3)4/h4-34H2,1-3H3;(H3,1,2,3,4). The molecule has 0 aromatic rings. The van der Waals surface area contributed by atoms with E-state index < -0.39 is 7.82 Å². The van der Waals surface area contributed by atoms with Crippen molar-refractivity contribution in [3.05, 3.63) is 0 Å². The number of rotatable bonds is 31. The van der Waals surface area contributed by atoms with Gasteiger partial charge in [0.05, 0.1) is 0 Å². The summed E-state index contributed by atoms with van der Waals surface area (Å²) in [5.74, 6) is 0. The van der Waals surface area contributed by atoms with Gasteiger partial charge in [0.1, 0.15) is 0 Å². The molecule has 0 aromatic heterocycles. The molecule has 0 rings (SSSR count). The molecule has 0 heterocycles. The van der Waals surface area contributed by atoms with Crippen LogP contribution in [0.25, 0.3) is 0 Å². The van der Waals surface area contributed by atoms with Gasteiger partial charge in [-0.05, 0) is 38.9 Å². The fourth-order valence-corrected chi connectivity index (χ4v) is 5.45. The minimum absolute atomic E-state index is 1.36. The van der Waals surface area contributed by atoms with Crippen LogP contribution in [0.2, 0.25) is 0 Å². The van der Waals surface area contributed by atoms with E-state index in [1.54, 1.807) is 0 Å². The Bertz CT molecular complexity index is 476. The molecule has 244 valence electrons. The second kappa shape index (κ2) is 35.3. The van der Waals surface area contributed by atoms with Crippen molar-refractivity contribution in [3.8, 4) is 0 Å². The molecule has 3 N–H and O–H groups in total. The van der Waals surface area contributed by atoms with Crippen LogP contribution in [0, 0.1) is 0 Å². The van der Waals surface area contributed by atoms with Gasteiger partial charge in [-0.3, -0.25) is 0 Å². The molecule has 0 aliphatic heterocycles. The Morgan fingerprint density at radius 1 is 0.350 bits per heavy atom. The number of hydrogen-bond acceptors (Lipinski definition) is 2. The average molecular weight is 592 g/mol. The van der Waals surface area contributed by atoms with Gasteiger partial charge in [0.25, 0.3) is 0 Å². The summed E-state index contributed by atoms with van der Waals surface area (Å²) in [4.78, 5) is 24.4. The van der Waals surface area contributed by atoms with Crippen LogP contribution >= 0.6 is 7.82 Å². The van der Waals surface area contributed by atoms with Gasteiger partial charge in [-0.1, -0.05) is 181 Å². The number of hydrogen-bond donors (Lipinski definition) is 3. The minimum Gasteiger partial charge on any atom is -0.303 e. The van der Waals surface area contributed by atoms with Gasteiger partial charge in [0.2, 0.25) is 0 Å². The molecular weight excluding hydrogens is 517 g/mol. The van der Waals surface area contributed by atoms with Crippen LogP contribution in [-0.4, -0.2) is 39.2 Å².